The normalized spacial score (nSPS) is 37.5. The van der Waals surface area contributed by atoms with Crippen molar-refractivity contribution in [2.75, 3.05) is 32.4 Å². The van der Waals surface area contributed by atoms with Crippen molar-refractivity contribution >= 4 is 11.8 Å². The second-order valence-corrected chi connectivity index (χ2v) is 5.45. The van der Waals surface area contributed by atoms with E-state index in [-0.39, 0.29) is 5.25 Å². The van der Waals surface area contributed by atoms with E-state index in [9.17, 15) is 8.78 Å². The Morgan fingerprint density at radius 2 is 2.21 bits per heavy atom. The molecule has 1 N–H and O–H groups in total. The van der Waals surface area contributed by atoms with Gasteiger partial charge in [0, 0.05) is 12.4 Å². The van der Waals surface area contributed by atoms with Crippen molar-refractivity contribution in [3.05, 3.63) is 0 Å². The van der Waals surface area contributed by atoms with Crippen molar-refractivity contribution in [3.63, 3.8) is 0 Å². The fourth-order valence-corrected chi connectivity index (χ4v) is 3.33. The molecule has 14 heavy (non-hydrogen) atoms. The standard InChI is InChI=1S/C9H15F2NOS/c1-8(3-10,4-11)9(5-13-9)7-2-12-6-14-7/h7,12H,2-6H2,1H3. The molecular formula is C9H15F2NOS. The van der Waals surface area contributed by atoms with E-state index < -0.39 is 24.4 Å². The highest BCUT2D eigenvalue weighted by molar-refractivity contribution is 8.00. The van der Waals surface area contributed by atoms with Crippen LogP contribution >= 0.6 is 11.8 Å². The largest absolute Gasteiger partial charge is 0.368 e. The minimum Gasteiger partial charge on any atom is -0.368 e. The first kappa shape index (κ1) is 10.6. The Morgan fingerprint density at radius 1 is 1.57 bits per heavy atom. The predicted molar refractivity (Wildman–Crippen MR) is 53.0 cm³/mol. The molecule has 82 valence electrons. The Bertz CT molecular complexity index is 213. The van der Waals surface area contributed by atoms with E-state index in [1.807, 2.05) is 0 Å². The molecule has 0 radical (unpaired) electrons. The van der Waals surface area contributed by atoms with Crippen molar-refractivity contribution in [2.24, 2.45) is 5.41 Å². The molecule has 5 heteroatoms. The lowest BCUT2D eigenvalue weighted by Gasteiger charge is -2.33. The van der Waals surface area contributed by atoms with Crippen molar-refractivity contribution < 1.29 is 13.5 Å². The number of alkyl halides is 2. The first-order valence-electron chi connectivity index (χ1n) is 4.77. The fourth-order valence-electron chi connectivity index (χ4n) is 1.97. The molecule has 2 fully saturated rings. The first-order chi connectivity index (χ1) is 6.68. The molecule has 0 spiro atoms. The van der Waals surface area contributed by atoms with Gasteiger partial charge in [0.25, 0.3) is 0 Å². The molecule has 2 saturated heterocycles. The van der Waals surface area contributed by atoms with Crippen LogP contribution in [0.15, 0.2) is 0 Å². The molecule has 2 nitrogen and oxygen atoms in total. The van der Waals surface area contributed by atoms with E-state index in [1.54, 1.807) is 18.7 Å². The molecule has 2 heterocycles. The number of ether oxygens (including phenoxy) is 1. The number of rotatable bonds is 4. The molecule has 0 aromatic heterocycles. The van der Waals surface area contributed by atoms with Crippen LogP contribution in [0.4, 0.5) is 8.78 Å². The molecular weight excluding hydrogens is 208 g/mol. The van der Waals surface area contributed by atoms with E-state index in [0.29, 0.717) is 6.61 Å². The van der Waals surface area contributed by atoms with Crippen LogP contribution in [-0.4, -0.2) is 43.2 Å². The Hall–Kier alpha value is 0.130. The van der Waals surface area contributed by atoms with E-state index in [0.717, 1.165) is 12.4 Å². The number of hydrogen-bond donors (Lipinski definition) is 1. The van der Waals surface area contributed by atoms with Crippen LogP contribution in [-0.2, 0) is 4.74 Å². The topological polar surface area (TPSA) is 24.6 Å². The summed E-state index contributed by atoms with van der Waals surface area (Å²) in [6.07, 6.45) is 0. The van der Waals surface area contributed by atoms with E-state index in [1.165, 1.54) is 0 Å². The SMILES string of the molecule is CC(CF)(CF)C1(C2CNCS2)CO1. The minimum absolute atomic E-state index is 0.194. The molecule has 0 amide bonds. The molecule has 2 aliphatic heterocycles. The van der Waals surface area contributed by atoms with Crippen molar-refractivity contribution in [1.29, 1.82) is 0 Å². The average molecular weight is 223 g/mol. The maximum atomic E-state index is 12.9. The average Bonchev–Trinajstić information content (AvgIpc) is 2.86. The number of halogens is 2. The third-order valence-corrected chi connectivity index (χ3v) is 4.62. The van der Waals surface area contributed by atoms with Gasteiger partial charge >= 0.3 is 0 Å². The lowest BCUT2D eigenvalue weighted by molar-refractivity contribution is 0.0588. The van der Waals surface area contributed by atoms with Crippen molar-refractivity contribution in [1.82, 2.24) is 5.32 Å². The van der Waals surface area contributed by atoms with Crippen LogP contribution < -0.4 is 5.32 Å². The van der Waals surface area contributed by atoms with E-state index in [2.05, 4.69) is 5.32 Å². The number of thioether (sulfide) groups is 1. The highest BCUT2D eigenvalue weighted by Gasteiger charge is 2.64. The zero-order valence-corrected chi connectivity index (χ0v) is 9.00. The first-order valence-corrected chi connectivity index (χ1v) is 5.82. The molecule has 2 rings (SSSR count). The van der Waals surface area contributed by atoms with Crippen LogP contribution in [0.3, 0.4) is 0 Å². The summed E-state index contributed by atoms with van der Waals surface area (Å²) in [4.78, 5) is 0. The lowest BCUT2D eigenvalue weighted by Crippen LogP contribution is -2.48. The van der Waals surface area contributed by atoms with Gasteiger partial charge in [-0.3, -0.25) is 8.78 Å². The monoisotopic (exact) mass is 223 g/mol. The molecule has 0 aliphatic carbocycles. The quantitative estimate of drug-likeness (QED) is 0.728. The van der Waals surface area contributed by atoms with Gasteiger partial charge in [-0.1, -0.05) is 6.92 Å². The highest BCUT2D eigenvalue weighted by atomic mass is 32.2. The van der Waals surface area contributed by atoms with Crippen molar-refractivity contribution in [3.8, 4) is 0 Å². The van der Waals surface area contributed by atoms with Gasteiger partial charge in [-0.15, -0.1) is 11.8 Å². The van der Waals surface area contributed by atoms with Gasteiger partial charge in [-0.05, 0) is 0 Å². The Labute approximate surface area is 86.8 Å². The Morgan fingerprint density at radius 3 is 2.57 bits per heavy atom. The van der Waals surface area contributed by atoms with Crippen LogP contribution in [0.2, 0.25) is 0 Å². The van der Waals surface area contributed by atoms with Crippen LogP contribution in [0.5, 0.6) is 0 Å². The maximum absolute atomic E-state index is 12.9. The molecule has 0 aromatic rings. The van der Waals surface area contributed by atoms with Gasteiger partial charge in [0.2, 0.25) is 0 Å². The molecule has 2 aliphatic rings. The molecule has 0 saturated carbocycles. The third kappa shape index (κ3) is 1.37. The Kier molecular flexibility index (Phi) is 2.74. The van der Waals surface area contributed by atoms with Crippen LogP contribution in [0.25, 0.3) is 0 Å². The summed E-state index contributed by atoms with van der Waals surface area (Å²) in [7, 11) is 0. The molecule has 2 atom stereocenters. The number of hydrogen-bond acceptors (Lipinski definition) is 3. The van der Waals surface area contributed by atoms with E-state index in [4.69, 9.17) is 4.74 Å². The van der Waals surface area contributed by atoms with Crippen LogP contribution in [0, 0.1) is 5.41 Å². The van der Waals surface area contributed by atoms with Gasteiger partial charge < -0.3 is 10.1 Å². The number of nitrogens with one attached hydrogen (secondary N) is 1. The van der Waals surface area contributed by atoms with Crippen molar-refractivity contribution in [2.45, 2.75) is 17.8 Å². The summed E-state index contributed by atoms with van der Waals surface area (Å²) in [5, 5.41) is 3.37. The van der Waals surface area contributed by atoms with Gasteiger partial charge in [0.15, 0.2) is 0 Å². The van der Waals surface area contributed by atoms with E-state index >= 15 is 0 Å². The smallest absolute Gasteiger partial charge is 0.115 e. The second-order valence-electron chi connectivity index (χ2n) is 4.26. The summed E-state index contributed by atoms with van der Waals surface area (Å²) < 4.78 is 31.1. The predicted octanol–water partition coefficient (Wildman–Crippen LogP) is 1.36. The van der Waals surface area contributed by atoms with Gasteiger partial charge in [-0.25, -0.2) is 0 Å². The highest BCUT2D eigenvalue weighted by Crippen LogP contribution is 2.52. The van der Waals surface area contributed by atoms with Gasteiger partial charge in [-0.2, -0.15) is 0 Å². The number of epoxide rings is 1. The summed E-state index contributed by atoms with van der Waals surface area (Å²) in [6.45, 7) is 1.62. The summed E-state index contributed by atoms with van der Waals surface area (Å²) in [5.74, 6) is 0.852. The lowest BCUT2D eigenvalue weighted by atomic mass is 9.77. The summed E-state index contributed by atoms with van der Waals surface area (Å²) in [5.41, 5.74) is -1.53. The maximum Gasteiger partial charge on any atom is 0.115 e. The van der Waals surface area contributed by atoms with Crippen LogP contribution in [0.1, 0.15) is 6.92 Å². The molecule has 2 unspecified atom stereocenters. The second kappa shape index (κ2) is 3.61. The fraction of sp³-hybridized carbons (Fsp3) is 1.00. The zero-order chi connectivity index (χ0) is 10.2. The minimum atomic E-state index is -0.962. The molecule has 0 aromatic carbocycles. The zero-order valence-electron chi connectivity index (χ0n) is 8.19. The van der Waals surface area contributed by atoms with Gasteiger partial charge in [0.05, 0.1) is 17.3 Å². The van der Waals surface area contributed by atoms with Gasteiger partial charge in [0.1, 0.15) is 19.0 Å². The Balaban J connectivity index is 2.13. The summed E-state index contributed by atoms with van der Waals surface area (Å²) >= 11 is 1.70. The summed E-state index contributed by atoms with van der Waals surface area (Å²) in [6, 6.07) is 0. The third-order valence-electron chi connectivity index (χ3n) is 3.30. The molecule has 0 bridgehead atoms.